The molecule has 1 unspecified atom stereocenters. The van der Waals surface area contributed by atoms with Crippen LogP contribution in [0, 0.1) is 0 Å². The monoisotopic (exact) mass is 152 g/mol. The number of aliphatic hydroxyl groups excluding tert-OH is 1. The zero-order valence-electron chi connectivity index (χ0n) is 5.24. The number of rotatable bonds is 4. The Morgan fingerprint density at radius 1 is 1.78 bits per heavy atom. The molecule has 4 nitrogen and oxygen atoms in total. The summed E-state index contributed by atoms with van der Waals surface area (Å²) in [5, 5.41) is 8.30. The Morgan fingerprint density at radius 2 is 2.33 bits per heavy atom. The maximum Gasteiger partial charge on any atom is 0.0568 e. The summed E-state index contributed by atoms with van der Waals surface area (Å²) in [6, 6.07) is 0. The van der Waals surface area contributed by atoms with Gasteiger partial charge < -0.3 is 9.66 Å². The minimum absolute atomic E-state index is 0.123. The molecule has 0 aromatic carbocycles. The van der Waals surface area contributed by atoms with Gasteiger partial charge in [-0.05, 0) is 0 Å². The van der Waals surface area contributed by atoms with Gasteiger partial charge in [0.2, 0.25) is 0 Å². The van der Waals surface area contributed by atoms with Gasteiger partial charge in [-0.1, -0.05) is 6.92 Å². The molecule has 5 heteroatoms. The first-order chi connectivity index (χ1) is 4.22. The van der Waals surface area contributed by atoms with Crippen LogP contribution < -0.4 is 0 Å². The molecule has 0 bridgehead atoms. The van der Waals surface area contributed by atoms with E-state index in [0.717, 1.165) is 4.31 Å². The summed E-state index contributed by atoms with van der Waals surface area (Å²) < 4.78 is 21.4. The quantitative estimate of drug-likeness (QED) is 0.531. The van der Waals surface area contributed by atoms with Crippen molar-refractivity contribution in [2.75, 3.05) is 19.7 Å². The van der Waals surface area contributed by atoms with E-state index in [1.165, 1.54) is 0 Å². The predicted molar refractivity (Wildman–Crippen MR) is 33.3 cm³/mol. The molecule has 0 saturated heterocycles. The van der Waals surface area contributed by atoms with E-state index in [-0.39, 0.29) is 13.2 Å². The van der Waals surface area contributed by atoms with Crippen molar-refractivity contribution in [3.8, 4) is 0 Å². The van der Waals surface area contributed by atoms with Gasteiger partial charge >= 0.3 is 0 Å². The summed E-state index contributed by atoms with van der Waals surface area (Å²) >= 11 is -2.18. The highest BCUT2D eigenvalue weighted by molar-refractivity contribution is 7.76. The van der Waals surface area contributed by atoms with Crippen molar-refractivity contribution in [2.24, 2.45) is 0 Å². The molecule has 0 aliphatic rings. The van der Waals surface area contributed by atoms with Crippen molar-refractivity contribution in [1.82, 2.24) is 4.31 Å². The van der Waals surface area contributed by atoms with E-state index in [1.807, 2.05) is 0 Å². The van der Waals surface area contributed by atoms with Crippen LogP contribution in [0.5, 0.6) is 0 Å². The lowest BCUT2D eigenvalue weighted by atomic mass is 10.6. The van der Waals surface area contributed by atoms with Crippen LogP contribution >= 0.6 is 0 Å². The Kier molecular flexibility index (Phi) is 4.88. The van der Waals surface area contributed by atoms with Crippen LogP contribution in [-0.2, 0) is 11.3 Å². The second-order valence-corrected chi connectivity index (χ2v) is 2.41. The van der Waals surface area contributed by atoms with E-state index in [0.29, 0.717) is 6.54 Å². The molecule has 0 radical (unpaired) electrons. The molecule has 1 atom stereocenters. The molecule has 0 aromatic rings. The van der Waals surface area contributed by atoms with E-state index < -0.39 is 11.3 Å². The summed E-state index contributed by atoms with van der Waals surface area (Å²) in [6.07, 6.45) is 0. The van der Waals surface area contributed by atoms with Gasteiger partial charge in [0.1, 0.15) is 0 Å². The molecule has 0 rings (SSSR count). The van der Waals surface area contributed by atoms with Crippen molar-refractivity contribution >= 4 is 11.3 Å². The van der Waals surface area contributed by atoms with Gasteiger partial charge in [-0.2, -0.15) is 0 Å². The van der Waals surface area contributed by atoms with Crippen molar-refractivity contribution in [1.29, 1.82) is 0 Å². The average molecular weight is 152 g/mol. The summed E-state index contributed by atoms with van der Waals surface area (Å²) in [5.74, 6) is 0. The SMILES string of the molecule is CCN(CCO)S(=O)[O-]. The van der Waals surface area contributed by atoms with Gasteiger partial charge in [0, 0.05) is 24.4 Å². The van der Waals surface area contributed by atoms with Gasteiger partial charge in [0.25, 0.3) is 0 Å². The van der Waals surface area contributed by atoms with Crippen molar-refractivity contribution < 1.29 is 13.9 Å². The standard InChI is InChI=1S/C4H11NO3S/c1-2-5(3-4-6)9(7)8/h6H,2-4H2,1H3,(H,7,8)/p-1. The Balaban J connectivity index is 3.54. The normalized spacial score (nSPS) is 14.2. The minimum Gasteiger partial charge on any atom is -0.760 e. The van der Waals surface area contributed by atoms with Crippen molar-refractivity contribution in [3.05, 3.63) is 0 Å². The first kappa shape index (κ1) is 9.03. The fraction of sp³-hybridized carbons (Fsp3) is 1.00. The minimum atomic E-state index is -2.18. The second-order valence-electron chi connectivity index (χ2n) is 1.46. The highest BCUT2D eigenvalue weighted by atomic mass is 32.2. The third kappa shape index (κ3) is 3.58. The van der Waals surface area contributed by atoms with Crippen LogP contribution in [0.1, 0.15) is 6.92 Å². The summed E-state index contributed by atoms with van der Waals surface area (Å²) in [5.41, 5.74) is 0. The number of aliphatic hydroxyl groups is 1. The molecule has 0 heterocycles. The molecule has 0 aliphatic carbocycles. The number of nitrogens with zero attached hydrogens (tertiary/aromatic N) is 1. The van der Waals surface area contributed by atoms with Crippen LogP contribution in [0.15, 0.2) is 0 Å². The van der Waals surface area contributed by atoms with Crippen LogP contribution in [-0.4, -0.2) is 37.9 Å². The average Bonchev–Trinajstić information content (AvgIpc) is 1.82. The number of likely N-dealkylation sites (N-methyl/N-ethyl adjacent to an activating group) is 1. The van der Waals surface area contributed by atoms with Crippen LogP contribution in [0.3, 0.4) is 0 Å². The van der Waals surface area contributed by atoms with Crippen molar-refractivity contribution in [3.63, 3.8) is 0 Å². The molecule has 0 spiro atoms. The van der Waals surface area contributed by atoms with E-state index in [4.69, 9.17) is 5.11 Å². The maximum atomic E-state index is 10.1. The van der Waals surface area contributed by atoms with Gasteiger partial charge in [0.15, 0.2) is 0 Å². The smallest absolute Gasteiger partial charge is 0.0568 e. The first-order valence-corrected chi connectivity index (χ1v) is 3.70. The van der Waals surface area contributed by atoms with E-state index in [1.54, 1.807) is 6.92 Å². The molecule has 56 valence electrons. The highest BCUT2D eigenvalue weighted by Crippen LogP contribution is 1.88. The van der Waals surface area contributed by atoms with Crippen molar-refractivity contribution in [2.45, 2.75) is 6.92 Å². The second kappa shape index (κ2) is 4.87. The summed E-state index contributed by atoms with van der Waals surface area (Å²) in [4.78, 5) is 0. The molecule has 0 amide bonds. The molecule has 1 N–H and O–H groups in total. The fourth-order valence-corrected chi connectivity index (χ4v) is 0.891. The molecule has 0 saturated carbocycles. The maximum absolute atomic E-state index is 10.1. The van der Waals surface area contributed by atoms with Gasteiger partial charge in [-0.25, -0.2) is 4.31 Å². The number of hydrogen-bond acceptors (Lipinski definition) is 3. The Labute approximate surface area is 56.9 Å². The Hall–Kier alpha value is 0.0300. The molecule has 0 fully saturated rings. The topological polar surface area (TPSA) is 63.6 Å². The van der Waals surface area contributed by atoms with Crippen LogP contribution in [0.25, 0.3) is 0 Å². The van der Waals surface area contributed by atoms with Gasteiger partial charge in [-0.15, -0.1) is 0 Å². The molecule has 0 aromatic heterocycles. The van der Waals surface area contributed by atoms with Crippen LogP contribution in [0.4, 0.5) is 0 Å². The van der Waals surface area contributed by atoms with Crippen LogP contribution in [0.2, 0.25) is 0 Å². The lowest BCUT2D eigenvalue weighted by Gasteiger charge is -2.20. The third-order valence-electron chi connectivity index (χ3n) is 0.913. The van der Waals surface area contributed by atoms with E-state index in [9.17, 15) is 8.76 Å². The summed E-state index contributed by atoms with van der Waals surface area (Å²) in [7, 11) is 0. The lowest BCUT2D eigenvalue weighted by Crippen LogP contribution is -2.28. The molecule has 0 aliphatic heterocycles. The van der Waals surface area contributed by atoms with E-state index >= 15 is 0 Å². The zero-order chi connectivity index (χ0) is 7.28. The fourth-order valence-electron chi connectivity index (χ4n) is 0.450. The van der Waals surface area contributed by atoms with E-state index in [2.05, 4.69) is 0 Å². The van der Waals surface area contributed by atoms with Gasteiger partial charge in [0.05, 0.1) is 6.61 Å². The highest BCUT2D eigenvalue weighted by Gasteiger charge is 1.98. The first-order valence-electron chi connectivity index (χ1n) is 2.67. The predicted octanol–water partition coefficient (Wildman–Crippen LogP) is -0.905. The Bertz CT molecular complexity index is 97.8. The molecular formula is C4H10NO3S-. The number of hydrogen-bond donors (Lipinski definition) is 1. The van der Waals surface area contributed by atoms with Gasteiger partial charge in [-0.3, -0.25) is 4.21 Å². The lowest BCUT2D eigenvalue weighted by molar-refractivity contribution is 0.254. The zero-order valence-corrected chi connectivity index (χ0v) is 6.06. The third-order valence-corrected chi connectivity index (χ3v) is 1.78. The molecule has 9 heavy (non-hydrogen) atoms. The Morgan fingerprint density at radius 3 is 2.44 bits per heavy atom. The molecular weight excluding hydrogens is 142 g/mol. The largest absolute Gasteiger partial charge is 0.760 e. The summed E-state index contributed by atoms with van der Waals surface area (Å²) in [6.45, 7) is 2.19.